The fourth-order valence-electron chi connectivity index (χ4n) is 0.837. The maximum Gasteiger partial charge on any atom is 0.132 e. The van der Waals surface area contributed by atoms with Crippen LogP contribution in [0.15, 0.2) is 36.6 Å². The summed E-state index contributed by atoms with van der Waals surface area (Å²) in [5, 5.41) is 8.75. The largest absolute Gasteiger partial charge is 0.508 e. The van der Waals surface area contributed by atoms with Gasteiger partial charge in [-0.3, -0.25) is 4.79 Å². The molecular weight excluding hydrogens is 176 g/mol. The Morgan fingerprint density at radius 2 is 2.07 bits per heavy atom. The Kier molecular flexibility index (Phi) is 6.46. The molecule has 0 bridgehead atoms. The number of aliphatic hydroxyl groups is 1. The van der Waals surface area contributed by atoms with Crippen LogP contribution in [0.2, 0.25) is 0 Å². The molecule has 1 saturated carbocycles. The Morgan fingerprint density at radius 3 is 2.29 bits per heavy atom. The first kappa shape index (κ1) is 12.7. The maximum absolute atomic E-state index is 10.2. The molecule has 14 heavy (non-hydrogen) atoms. The Balaban J connectivity index is 0.000000249. The topological polar surface area (TPSA) is 37.3 Å². The molecule has 1 rings (SSSR count). The van der Waals surface area contributed by atoms with E-state index in [-0.39, 0.29) is 5.76 Å². The van der Waals surface area contributed by atoms with Gasteiger partial charge in [0.25, 0.3) is 0 Å². The zero-order valence-electron chi connectivity index (χ0n) is 8.86. The zero-order valence-corrected chi connectivity index (χ0v) is 8.86. The summed E-state index contributed by atoms with van der Waals surface area (Å²) in [6.07, 6.45) is 8.72. The van der Waals surface area contributed by atoms with Gasteiger partial charge in [0.2, 0.25) is 0 Å². The van der Waals surface area contributed by atoms with Gasteiger partial charge in [-0.25, -0.2) is 0 Å². The van der Waals surface area contributed by atoms with Crippen LogP contribution in [0.5, 0.6) is 0 Å². The molecule has 1 aliphatic carbocycles. The first-order valence-electron chi connectivity index (χ1n) is 4.76. The van der Waals surface area contributed by atoms with Gasteiger partial charge in [0.15, 0.2) is 0 Å². The van der Waals surface area contributed by atoms with Crippen LogP contribution in [0.4, 0.5) is 0 Å². The molecule has 2 heteroatoms. The molecular formula is C12H18O2. The van der Waals surface area contributed by atoms with Crippen molar-refractivity contribution in [3.63, 3.8) is 0 Å². The molecule has 0 heterocycles. The second-order valence-electron chi connectivity index (χ2n) is 3.21. The molecule has 0 aromatic rings. The molecule has 1 N–H and O–H groups in total. The van der Waals surface area contributed by atoms with Crippen molar-refractivity contribution in [2.24, 2.45) is 5.92 Å². The van der Waals surface area contributed by atoms with Crippen molar-refractivity contribution in [3.8, 4) is 0 Å². The number of rotatable bonds is 3. The van der Waals surface area contributed by atoms with Crippen molar-refractivity contribution in [3.05, 3.63) is 36.6 Å². The van der Waals surface area contributed by atoms with Gasteiger partial charge < -0.3 is 5.11 Å². The lowest BCUT2D eigenvalue weighted by atomic mass is 10.3. The van der Waals surface area contributed by atoms with Crippen LogP contribution in [0.3, 0.4) is 0 Å². The van der Waals surface area contributed by atoms with Crippen LogP contribution in [0, 0.1) is 5.92 Å². The van der Waals surface area contributed by atoms with Crippen LogP contribution in [-0.4, -0.2) is 10.9 Å². The molecule has 0 spiro atoms. The van der Waals surface area contributed by atoms with Crippen molar-refractivity contribution >= 4 is 5.78 Å². The fourth-order valence-corrected chi connectivity index (χ4v) is 0.837. The minimum Gasteiger partial charge on any atom is -0.508 e. The minimum absolute atomic E-state index is 0.238. The Morgan fingerprint density at radius 1 is 1.50 bits per heavy atom. The molecule has 0 atom stereocenters. The lowest BCUT2D eigenvalue weighted by Gasteiger charge is -1.82. The third kappa shape index (κ3) is 7.35. The maximum atomic E-state index is 10.2. The monoisotopic (exact) mass is 194 g/mol. The van der Waals surface area contributed by atoms with E-state index in [1.165, 1.54) is 12.2 Å². The summed E-state index contributed by atoms with van der Waals surface area (Å²) < 4.78 is 0. The smallest absolute Gasteiger partial charge is 0.132 e. The lowest BCUT2D eigenvalue weighted by Crippen LogP contribution is -1.88. The Hall–Kier alpha value is -1.31. The Bertz CT molecular complexity index is 245. The van der Waals surface area contributed by atoms with Crippen LogP contribution in [0.25, 0.3) is 0 Å². The van der Waals surface area contributed by atoms with Gasteiger partial charge >= 0.3 is 0 Å². The van der Waals surface area contributed by atoms with E-state index in [2.05, 4.69) is 6.58 Å². The van der Waals surface area contributed by atoms with Crippen molar-refractivity contribution in [1.29, 1.82) is 0 Å². The molecule has 2 nitrogen and oxygen atoms in total. The standard InChI is InChI=1S/C7H10O.C5H8O/c1-3-5-7(8)6-4-2;1-4(6)5-2-3-5/h3-6,8H,1H2,2H3;5H,2-3H2,1H3/b6-4-,7-5+;. The molecule has 0 unspecified atom stereocenters. The van der Waals surface area contributed by atoms with E-state index < -0.39 is 0 Å². The summed E-state index contributed by atoms with van der Waals surface area (Å²) in [7, 11) is 0. The van der Waals surface area contributed by atoms with E-state index in [9.17, 15) is 4.79 Å². The van der Waals surface area contributed by atoms with Gasteiger partial charge in [0.05, 0.1) is 0 Å². The number of allylic oxidation sites excluding steroid dienone is 4. The first-order chi connectivity index (χ1) is 6.61. The zero-order chi connectivity index (χ0) is 11.0. The van der Waals surface area contributed by atoms with Gasteiger partial charge in [-0.15, -0.1) is 0 Å². The Labute approximate surface area is 85.6 Å². The second kappa shape index (κ2) is 7.13. The molecule has 0 aromatic heterocycles. The van der Waals surface area contributed by atoms with Gasteiger partial charge in [0.1, 0.15) is 11.5 Å². The van der Waals surface area contributed by atoms with Crippen LogP contribution >= 0.6 is 0 Å². The number of carbonyl (C=O) groups is 1. The highest BCUT2D eigenvalue weighted by Crippen LogP contribution is 2.29. The normalized spacial score (nSPS) is 16.0. The molecule has 0 aromatic carbocycles. The van der Waals surface area contributed by atoms with E-state index in [1.54, 1.807) is 19.1 Å². The van der Waals surface area contributed by atoms with E-state index in [0.29, 0.717) is 11.7 Å². The highest BCUT2D eigenvalue weighted by molar-refractivity contribution is 5.80. The predicted molar refractivity (Wildman–Crippen MR) is 59.1 cm³/mol. The third-order valence-corrected chi connectivity index (χ3v) is 1.78. The molecule has 0 radical (unpaired) electrons. The number of ketones is 1. The van der Waals surface area contributed by atoms with E-state index in [1.807, 2.05) is 6.92 Å². The molecule has 0 saturated heterocycles. The minimum atomic E-state index is 0.238. The van der Waals surface area contributed by atoms with Crippen LogP contribution < -0.4 is 0 Å². The average Bonchev–Trinajstić information content (AvgIpc) is 2.87. The molecule has 1 aliphatic rings. The molecule has 78 valence electrons. The van der Waals surface area contributed by atoms with Crippen molar-refractivity contribution in [1.82, 2.24) is 0 Å². The number of carbonyl (C=O) groups excluding carboxylic acids is 1. The van der Waals surface area contributed by atoms with Gasteiger partial charge in [-0.05, 0) is 38.8 Å². The first-order valence-corrected chi connectivity index (χ1v) is 4.76. The van der Waals surface area contributed by atoms with Crippen molar-refractivity contribution < 1.29 is 9.90 Å². The number of hydrogen-bond acceptors (Lipinski definition) is 2. The summed E-state index contributed by atoms with van der Waals surface area (Å²) >= 11 is 0. The SMILES string of the molecule is C=C/C=C(O)\C=C/C.CC(=O)C1CC1. The third-order valence-electron chi connectivity index (χ3n) is 1.78. The molecule has 0 aliphatic heterocycles. The average molecular weight is 194 g/mol. The number of hydrogen-bond donors (Lipinski definition) is 1. The summed E-state index contributed by atoms with van der Waals surface area (Å²) in [4.78, 5) is 10.2. The van der Waals surface area contributed by atoms with E-state index in [0.717, 1.165) is 12.8 Å². The summed E-state index contributed by atoms with van der Waals surface area (Å²) in [6, 6.07) is 0. The molecule has 0 amide bonds. The van der Waals surface area contributed by atoms with E-state index >= 15 is 0 Å². The second-order valence-corrected chi connectivity index (χ2v) is 3.21. The van der Waals surface area contributed by atoms with Crippen LogP contribution in [-0.2, 0) is 4.79 Å². The number of aliphatic hydroxyl groups excluding tert-OH is 1. The molecule has 1 fully saturated rings. The van der Waals surface area contributed by atoms with Gasteiger partial charge in [-0.2, -0.15) is 0 Å². The van der Waals surface area contributed by atoms with Crippen LogP contribution in [0.1, 0.15) is 26.7 Å². The highest BCUT2D eigenvalue weighted by atomic mass is 16.3. The van der Waals surface area contributed by atoms with Gasteiger partial charge in [-0.1, -0.05) is 18.7 Å². The highest BCUT2D eigenvalue weighted by Gasteiger charge is 2.25. The number of Topliss-reactive ketones (excluding diaryl/α,β-unsaturated/α-hetero) is 1. The van der Waals surface area contributed by atoms with Crippen molar-refractivity contribution in [2.75, 3.05) is 0 Å². The van der Waals surface area contributed by atoms with Gasteiger partial charge in [0, 0.05) is 5.92 Å². The summed E-state index contributed by atoms with van der Waals surface area (Å²) in [5.41, 5.74) is 0. The quantitative estimate of drug-likeness (QED) is 0.553. The van der Waals surface area contributed by atoms with E-state index in [4.69, 9.17) is 5.11 Å². The lowest BCUT2D eigenvalue weighted by molar-refractivity contribution is -0.118. The predicted octanol–water partition coefficient (Wildman–Crippen LogP) is 3.18. The summed E-state index contributed by atoms with van der Waals surface area (Å²) in [5.74, 6) is 1.07. The summed E-state index contributed by atoms with van der Waals surface area (Å²) in [6.45, 7) is 6.92. The fraction of sp³-hybridized carbons (Fsp3) is 0.417. The van der Waals surface area contributed by atoms with Crippen molar-refractivity contribution in [2.45, 2.75) is 26.7 Å².